The van der Waals surface area contributed by atoms with Gasteiger partial charge in [-0.15, -0.1) is 0 Å². The molecule has 0 spiro atoms. The van der Waals surface area contributed by atoms with Crippen molar-refractivity contribution in [2.75, 3.05) is 0 Å². The van der Waals surface area contributed by atoms with Gasteiger partial charge in [-0.3, -0.25) is 0 Å². The van der Waals surface area contributed by atoms with E-state index in [0.29, 0.717) is 12.2 Å². The molecule has 0 rings (SSSR count). The molecule has 0 atom stereocenters. The van der Waals surface area contributed by atoms with E-state index in [2.05, 4.69) is 0 Å². The zero-order valence-electron chi connectivity index (χ0n) is 6.77. The molecule has 0 aromatic rings. The summed E-state index contributed by atoms with van der Waals surface area (Å²) in [7, 11) is 0. The van der Waals surface area contributed by atoms with Crippen LogP contribution in [-0.4, -0.2) is 27.9 Å². The predicted octanol–water partition coefficient (Wildman–Crippen LogP) is 0.307. The van der Waals surface area contributed by atoms with Crippen LogP contribution in [0.4, 0.5) is 0 Å². The fourth-order valence-electron chi connectivity index (χ4n) is 0.143. The van der Waals surface area contributed by atoms with Crippen LogP contribution in [0.15, 0.2) is 12.2 Å². The number of aliphatic carboxylic acids is 2. The Balaban J connectivity index is 0. The van der Waals surface area contributed by atoms with E-state index in [0.717, 1.165) is 0 Å². The van der Waals surface area contributed by atoms with Gasteiger partial charge in [-0.05, 0) is 13.8 Å². The monoisotopic (exact) mass is 174 g/mol. The molecule has 0 radical (unpaired) electrons. The molecule has 5 nitrogen and oxygen atoms in total. The molecule has 0 aromatic carbocycles. The Morgan fingerprint density at radius 3 is 1.17 bits per heavy atom. The summed E-state index contributed by atoms with van der Waals surface area (Å²) in [5.74, 6) is -2.35. The van der Waals surface area contributed by atoms with Gasteiger partial charge < -0.3 is 15.0 Å². The average Bonchev–Trinajstić information content (AvgIpc) is 1.82. The molecular formula is C7H10O5. The SMILES string of the molecule is CC(C)=O.O=C(O)C=CC(=O)O. The number of carbonyl (C=O) groups is 3. The maximum Gasteiger partial charge on any atom is 0.328 e. The van der Waals surface area contributed by atoms with Gasteiger partial charge in [0.2, 0.25) is 0 Å². The van der Waals surface area contributed by atoms with E-state index in [4.69, 9.17) is 10.2 Å². The van der Waals surface area contributed by atoms with Crippen molar-refractivity contribution >= 4 is 17.7 Å². The maximum absolute atomic E-state index is 9.55. The van der Waals surface area contributed by atoms with E-state index < -0.39 is 11.9 Å². The highest BCUT2D eigenvalue weighted by Gasteiger charge is 1.88. The number of ketones is 1. The number of Topliss-reactive ketones (excluding diaryl/α,β-unsaturated/α-hetero) is 1. The largest absolute Gasteiger partial charge is 0.478 e. The molecule has 12 heavy (non-hydrogen) atoms. The van der Waals surface area contributed by atoms with E-state index in [1.165, 1.54) is 13.8 Å². The van der Waals surface area contributed by atoms with Crippen LogP contribution in [-0.2, 0) is 14.4 Å². The molecule has 0 fully saturated rings. The Bertz CT molecular complexity index is 184. The molecule has 0 amide bonds. The number of rotatable bonds is 2. The Kier molecular flexibility index (Phi) is 8.06. The number of carboxylic acid groups (broad SMARTS) is 2. The first-order valence-corrected chi connectivity index (χ1v) is 2.97. The lowest BCUT2D eigenvalue weighted by molar-refractivity contribution is -0.134. The van der Waals surface area contributed by atoms with Crippen LogP contribution >= 0.6 is 0 Å². The molecule has 0 aromatic heterocycles. The third kappa shape index (κ3) is 40.2. The van der Waals surface area contributed by atoms with E-state index >= 15 is 0 Å². The molecule has 5 heteroatoms. The van der Waals surface area contributed by atoms with Crippen LogP contribution in [0.5, 0.6) is 0 Å². The molecular weight excluding hydrogens is 164 g/mol. The highest BCUT2D eigenvalue weighted by Crippen LogP contribution is 1.70. The van der Waals surface area contributed by atoms with E-state index in [1.807, 2.05) is 0 Å². The molecule has 0 saturated heterocycles. The smallest absolute Gasteiger partial charge is 0.328 e. The van der Waals surface area contributed by atoms with Gasteiger partial charge in [-0.1, -0.05) is 0 Å². The van der Waals surface area contributed by atoms with Gasteiger partial charge in [0, 0.05) is 12.2 Å². The zero-order valence-corrected chi connectivity index (χ0v) is 6.77. The summed E-state index contributed by atoms with van der Waals surface area (Å²) in [5.41, 5.74) is 0. The van der Waals surface area contributed by atoms with Crippen LogP contribution in [0.2, 0.25) is 0 Å². The van der Waals surface area contributed by atoms with Crippen molar-refractivity contribution in [1.82, 2.24) is 0 Å². The van der Waals surface area contributed by atoms with E-state index in [9.17, 15) is 14.4 Å². The molecule has 2 N–H and O–H groups in total. The normalized spacial score (nSPS) is 8.50. The van der Waals surface area contributed by atoms with Crippen molar-refractivity contribution in [3.05, 3.63) is 12.2 Å². The van der Waals surface area contributed by atoms with Crippen LogP contribution in [0.1, 0.15) is 13.8 Å². The van der Waals surface area contributed by atoms with Gasteiger partial charge in [-0.25, -0.2) is 9.59 Å². The Morgan fingerprint density at radius 2 is 1.08 bits per heavy atom. The molecule has 0 aliphatic carbocycles. The Labute approximate surface area is 69.3 Å². The first kappa shape index (κ1) is 13.0. The van der Waals surface area contributed by atoms with Gasteiger partial charge in [0.25, 0.3) is 0 Å². The minimum absolute atomic E-state index is 0.167. The van der Waals surface area contributed by atoms with Crippen molar-refractivity contribution in [3.63, 3.8) is 0 Å². The molecule has 0 bridgehead atoms. The van der Waals surface area contributed by atoms with Crippen molar-refractivity contribution < 1.29 is 24.6 Å². The van der Waals surface area contributed by atoms with Gasteiger partial charge in [0.1, 0.15) is 5.78 Å². The number of carbonyl (C=O) groups excluding carboxylic acids is 1. The lowest BCUT2D eigenvalue weighted by Gasteiger charge is -1.74. The van der Waals surface area contributed by atoms with E-state index in [1.54, 1.807) is 0 Å². The third-order valence-electron chi connectivity index (χ3n) is 0.368. The third-order valence-corrected chi connectivity index (χ3v) is 0.368. The maximum atomic E-state index is 9.55. The van der Waals surface area contributed by atoms with Gasteiger partial charge in [0.05, 0.1) is 0 Å². The second-order valence-electron chi connectivity index (χ2n) is 1.92. The topological polar surface area (TPSA) is 91.7 Å². The summed E-state index contributed by atoms with van der Waals surface area (Å²) in [4.78, 5) is 28.6. The number of hydrogen-bond donors (Lipinski definition) is 2. The summed E-state index contributed by atoms with van der Waals surface area (Å²) in [6.45, 7) is 3.06. The van der Waals surface area contributed by atoms with Crippen molar-refractivity contribution in [3.8, 4) is 0 Å². The Hall–Kier alpha value is -1.65. The molecule has 0 saturated carbocycles. The van der Waals surface area contributed by atoms with Gasteiger partial charge in [-0.2, -0.15) is 0 Å². The molecule has 68 valence electrons. The van der Waals surface area contributed by atoms with Crippen LogP contribution in [0, 0.1) is 0 Å². The summed E-state index contributed by atoms with van der Waals surface area (Å²) in [6, 6.07) is 0. The van der Waals surface area contributed by atoms with Crippen LogP contribution in [0.3, 0.4) is 0 Å². The van der Waals surface area contributed by atoms with Crippen molar-refractivity contribution in [2.24, 2.45) is 0 Å². The fraction of sp³-hybridized carbons (Fsp3) is 0.286. The van der Waals surface area contributed by atoms with Gasteiger partial charge >= 0.3 is 11.9 Å². The standard InChI is InChI=1S/C4H4O4.C3H6O/c5-3(6)1-2-4(7)8;1-3(2)4/h1-2H,(H,5,6)(H,7,8);1-2H3. The summed E-state index contributed by atoms with van der Waals surface area (Å²) < 4.78 is 0. The lowest BCUT2D eigenvalue weighted by atomic mass is 10.5. The highest BCUT2D eigenvalue weighted by molar-refractivity contribution is 5.89. The molecule has 0 unspecified atom stereocenters. The summed E-state index contributed by atoms with van der Waals surface area (Å²) in [5, 5.41) is 15.6. The summed E-state index contributed by atoms with van der Waals surface area (Å²) in [6.07, 6.45) is 1.12. The number of carboxylic acids is 2. The van der Waals surface area contributed by atoms with Crippen LogP contribution in [0.25, 0.3) is 0 Å². The minimum atomic E-state index is -1.26. The van der Waals surface area contributed by atoms with Crippen molar-refractivity contribution in [1.29, 1.82) is 0 Å². The molecule has 0 aliphatic rings. The predicted molar refractivity (Wildman–Crippen MR) is 40.8 cm³/mol. The fourth-order valence-corrected chi connectivity index (χ4v) is 0.143. The molecule has 0 heterocycles. The first-order valence-electron chi connectivity index (χ1n) is 2.97. The Morgan fingerprint density at radius 1 is 0.917 bits per heavy atom. The minimum Gasteiger partial charge on any atom is -0.478 e. The zero-order chi connectivity index (χ0) is 10.1. The van der Waals surface area contributed by atoms with Crippen LogP contribution < -0.4 is 0 Å². The second kappa shape index (κ2) is 7.46. The quantitative estimate of drug-likeness (QED) is 0.587. The number of hydrogen-bond acceptors (Lipinski definition) is 3. The molecule has 0 aliphatic heterocycles. The first-order chi connectivity index (χ1) is 5.36. The highest BCUT2D eigenvalue weighted by atomic mass is 16.4. The van der Waals surface area contributed by atoms with Crippen molar-refractivity contribution in [2.45, 2.75) is 13.8 Å². The van der Waals surface area contributed by atoms with E-state index in [-0.39, 0.29) is 5.78 Å². The summed E-state index contributed by atoms with van der Waals surface area (Å²) >= 11 is 0. The second-order valence-corrected chi connectivity index (χ2v) is 1.92. The lowest BCUT2D eigenvalue weighted by Crippen LogP contribution is -1.91. The average molecular weight is 174 g/mol. The van der Waals surface area contributed by atoms with Gasteiger partial charge in [0.15, 0.2) is 0 Å².